The summed E-state index contributed by atoms with van der Waals surface area (Å²) in [6.45, 7) is 0. The first-order valence-electron chi connectivity index (χ1n) is 3.64. The quantitative estimate of drug-likeness (QED) is 0.627. The van der Waals surface area contributed by atoms with E-state index in [0.717, 1.165) is 10.0 Å². The first-order chi connectivity index (χ1) is 5.27. The molecule has 0 saturated heterocycles. The van der Waals surface area contributed by atoms with Crippen molar-refractivity contribution in [2.24, 2.45) is 0 Å². The van der Waals surface area contributed by atoms with Crippen molar-refractivity contribution in [3.05, 3.63) is 33.8 Å². The van der Waals surface area contributed by atoms with E-state index >= 15 is 0 Å². The molecule has 0 spiro atoms. The molecule has 0 bridgehead atoms. The molecule has 1 radical (unpaired) electrons. The van der Waals surface area contributed by atoms with Gasteiger partial charge in [-0.3, -0.25) is 0 Å². The number of benzene rings is 1. The fourth-order valence-electron chi connectivity index (χ4n) is 1.16. The van der Waals surface area contributed by atoms with Crippen molar-refractivity contribution in [3.63, 3.8) is 0 Å². The number of rotatable bonds is 1. The summed E-state index contributed by atoms with van der Waals surface area (Å²) in [7, 11) is 0. The largest absolute Gasteiger partial charge is 0.0843 e. The third-order valence-electron chi connectivity index (χ3n) is 1.90. The minimum atomic E-state index is 0.650. The van der Waals surface area contributed by atoms with E-state index in [2.05, 4.69) is 6.07 Å². The summed E-state index contributed by atoms with van der Waals surface area (Å²) >= 11 is 11.7. The Morgan fingerprint density at radius 1 is 1.36 bits per heavy atom. The van der Waals surface area contributed by atoms with Crippen LogP contribution in [-0.4, -0.2) is 0 Å². The Labute approximate surface area is 76.1 Å². The molecule has 0 amide bonds. The predicted molar refractivity (Wildman–Crippen MR) is 47.3 cm³/mol. The SMILES string of the molecule is Clc1c[c]c(Cl)c(C2CC2)c1. The molecule has 0 aromatic heterocycles. The third-order valence-corrected chi connectivity index (χ3v) is 2.45. The van der Waals surface area contributed by atoms with Crippen LogP contribution in [0.3, 0.4) is 0 Å². The van der Waals surface area contributed by atoms with Crippen LogP contribution in [-0.2, 0) is 0 Å². The van der Waals surface area contributed by atoms with Crippen molar-refractivity contribution in [1.29, 1.82) is 0 Å². The Balaban J connectivity index is 2.42. The lowest BCUT2D eigenvalue weighted by atomic mass is 10.1. The van der Waals surface area contributed by atoms with E-state index in [-0.39, 0.29) is 0 Å². The number of hydrogen-bond acceptors (Lipinski definition) is 0. The van der Waals surface area contributed by atoms with Gasteiger partial charge < -0.3 is 0 Å². The molecule has 1 aliphatic rings. The van der Waals surface area contributed by atoms with E-state index in [1.807, 2.05) is 6.07 Å². The molecule has 1 saturated carbocycles. The highest BCUT2D eigenvalue weighted by Crippen LogP contribution is 2.43. The maximum absolute atomic E-state index is 5.92. The molecule has 0 heterocycles. The average molecular weight is 186 g/mol. The van der Waals surface area contributed by atoms with Crippen LogP contribution in [0.25, 0.3) is 0 Å². The maximum atomic E-state index is 5.92. The van der Waals surface area contributed by atoms with E-state index in [4.69, 9.17) is 23.2 Å². The molecule has 0 atom stereocenters. The topological polar surface area (TPSA) is 0 Å². The molecule has 0 nitrogen and oxygen atoms in total. The Morgan fingerprint density at radius 2 is 2.09 bits per heavy atom. The van der Waals surface area contributed by atoms with Crippen molar-refractivity contribution in [3.8, 4) is 0 Å². The summed E-state index contributed by atoms with van der Waals surface area (Å²) in [5, 5.41) is 1.47. The second-order valence-corrected chi connectivity index (χ2v) is 3.68. The van der Waals surface area contributed by atoms with Gasteiger partial charge in [-0.25, -0.2) is 0 Å². The molecular weight excluding hydrogens is 179 g/mol. The molecular formula is C9H7Cl2. The second-order valence-electron chi connectivity index (χ2n) is 2.86. The van der Waals surface area contributed by atoms with Crippen LogP contribution in [0.5, 0.6) is 0 Å². The predicted octanol–water partition coefficient (Wildman–Crippen LogP) is 3.67. The zero-order valence-electron chi connectivity index (χ0n) is 5.90. The summed E-state index contributed by atoms with van der Waals surface area (Å²) < 4.78 is 0. The van der Waals surface area contributed by atoms with Crippen LogP contribution in [0.1, 0.15) is 24.3 Å². The normalized spacial score (nSPS) is 16.9. The zero-order valence-corrected chi connectivity index (χ0v) is 7.41. The smallest absolute Gasteiger partial charge is 0.0520 e. The van der Waals surface area contributed by atoms with Gasteiger partial charge in [-0.05, 0) is 36.5 Å². The van der Waals surface area contributed by atoms with Gasteiger partial charge in [-0.1, -0.05) is 23.2 Å². The van der Waals surface area contributed by atoms with Crippen LogP contribution >= 0.6 is 23.2 Å². The van der Waals surface area contributed by atoms with Gasteiger partial charge in [0.05, 0.1) is 5.02 Å². The lowest BCUT2D eigenvalue weighted by Gasteiger charge is -2.00. The van der Waals surface area contributed by atoms with Gasteiger partial charge in [0.25, 0.3) is 0 Å². The Hall–Kier alpha value is -0.200. The van der Waals surface area contributed by atoms with Crippen LogP contribution in [0.2, 0.25) is 10.0 Å². The van der Waals surface area contributed by atoms with E-state index in [1.54, 1.807) is 6.07 Å². The minimum Gasteiger partial charge on any atom is -0.0843 e. The van der Waals surface area contributed by atoms with Crippen LogP contribution in [0, 0.1) is 6.07 Å². The molecule has 0 aliphatic heterocycles. The minimum absolute atomic E-state index is 0.650. The van der Waals surface area contributed by atoms with Gasteiger partial charge in [0.15, 0.2) is 0 Å². The molecule has 11 heavy (non-hydrogen) atoms. The fraction of sp³-hybridized carbons (Fsp3) is 0.333. The number of hydrogen-bond donors (Lipinski definition) is 0. The van der Waals surface area contributed by atoms with Crippen molar-refractivity contribution in [2.75, 3.05) is 0 Å². The summed E-state index contributed by atoms with van der Waals surface area (Å²) in [6, 6.07) is 6.57. The molecule has 1 aliphatic carbocycles. The van der Waals surface area contributed by atoms with Gasteiger partial charge >= 0.3 is 0 Å². The first-order valence-corrected chi connectivity index (χ1v) is 4.39. The van der Waals surface area contributed by atoms with Crippen molar-refractivity contribution < 1.29 is 0 Å². The van der Waals surface area contributed by atoms with Gasteiger partial charge in [0.1, 0.15) is 0 Å². The van der Waals surface area contributed by atoms with E-state index in [1.165, 1.54) is 18.4 Å². The summed E-state index contributed by atoms with van der Waals surface area (Å²) in [6.07, 6.45) is 2.49. The molecule has 57 valence electrons. The van der Waals surface area contributed by atoms with Gasteiger partial charge in [-0.15, -0.1) is 0 Å². The molecule has 0 N–H and O–H groups in total. The molecule has 0 unspecified atom stereocenters. The summed E-state index contributed by atoms with van der Waals surface area (Å²) in [5.41, 5.74) is 1.17. The standard InChI is InChI=1S/C9H7Cl2/c10-7-3-4-9(11)8(5-7)6-1-2-6/h3,5-6H,1-2H2. The highest BCUT2D eigenvalue weighted by molar-refractivity contribution is 6.33. The monoisotopic (exact) mass is 185 g/mol. The Kier molecular flexibility index (Phi) is 1.82. The lowest BCUT2D eigenvalue weighted by molar-refractivity contribution is 1.13. The Bertz CT molecular complexity index is 277. The Morgan fingerprint density at radius 3 is 2.73 bits per heavy atom. The maximum Gasteiger partial charge on any atom is 0.0520 e. The van der Waals surface area contributed by atoms with Crippen LogP contribution in [0.4, 0.5) is 0 Å². The highest BCUT2D eigenvalue weighted by atomic mass is 35.5. The van der Waals surface area contributed by atoms with Crippen molar-refractivity contribution >= 4 is 23.2 Å². The average Bonchev–Trinajstić information content (AvgIpc) is 2.76. The summed E-state index contributed by atoms with van der Waals surface area (Å²) in [4.78, 5) is 0. The number of halogens is 2. The molecule has 2 heteroatoms. The van der Waals surface area contributed by atoms with E-state index in [9.17, 15) is 0 Å². The molecule has 2 rings (SSSR count). The highest BCUT2D eigenvalue weighted by Gasteiger charge is 2.25. The summed E-state index contributed by atoms with van der Waals surface area (Å²) in [5.74, 6) is 0.650. The van der Waals surface area contributed by atoms with E-state index < -0.39 is 0 Å². The molecule has 1 aromatic carbocycles. The molecule has 1 aromatic rings. The lowest BCUT2D eigenvalue weighted by Crippen LogP contribution is -1.80. The van der Waals surface area contributed by atoms with E-state index in [0.29, 0.717) is 5.92 Å². The zero-order chi connectivity index (χ0) is 7.84. The third kappa shape index (κ3) is 1.52. The van der Waals surface area contributed by atoms with Crippen molar-refractivity contribution in [2.45, 2.75) is 18.8 Å². The van der Waals surface area contributed by atoms with Gasteiger partial charge in [-0.2, -0.15) is 0 Å². The second kappa shape index (κ2) is 2.69. The molecule has 1 fully saturated rings. The first kappa shape index (κ1) is 7.45. The van der Waals surface area contributed by atoms with Crippen LogP contribution in [0.15, 0.2) is 12.1 Å². The van der Waals surface area contributed by atoms with Crippen LogP contribution < -0.4 is 0 Å². The fourth-order valence-corrected chi connectivity index (χ4v) is 1.60. The van der Waals surface area contributed by atoms with Gasteiger partial charge in [0.2, 0.25) is 0 Å². The van der Waals surface area contributed by atoms with Crippen molar-refractivity contribution in [1.82, 2.24) is 0 Å². The van der Waals surface area contributed by atoms with Gasteiger partial charge in [0, 0.05) is 11.1 Å².